The molecule has 1 aromatic heterocycles. The van der Waals surface area contributed by atoms with E-state index in [2.05, 4.69) is 10.4 Å². The second-order valence-corrected chi connectivity index (χ2v) is 7.92. The summed E-state index contributed by atoms with van der Waals surface area (Å²) in [7, 11) is 0. The van der Waals surface area contributed by atoms with E-state index < -0.39 is 5.56 Å². The van der Waals surface area contributed by atoms with Gasteiger partial charge in [0.15, 0.2) is 0 Å². The van der Waals surface area contributed by atoms with E-state index in [-0.39, 0.29) is 24.4 Å². The van der Waals surface area contributed by atoms with Crippen molar-refractivity contribution in [3.8, 4) is 0 Å². The summed E-state index contributed by atoms with van der Waals surface area (Å²) in [6.45, 7) is 3.71. The van der Waals surface area contributed by atoms with Crippen molar-refractivity contribution in [1.82, 2.24) is 9.78 Å². The highest BCUT2D eigenvalue weighted by atomic mass is 32.2. The molecule has 1 aromatic carbocycles. The minimum absolute atomic E-state index is 0.0512. The molecule has 27 heavy (non-hydrogen) atoms. The zero-order valence-electron chi connectivity index (χ0n) is 15.2. The average molecular weight is 384 g/mol. The van der Waals surface area contributed by atoms with Crippen molar-refractivity contribution >= 4 is 35.0 Å². The van der Waals surface area contributed by atoms with Gasteiger partial charge < -0.3 is 10.2 Å². The van der Waals surface area contributed by atoms with Crippen LogP contribution in [-0.2, 0) is 16.1 Å². The molecule has 4 rings (SSSR count). The smallest absolute Gasteiger partial charge is 0.292 e. The molecule has 0 spiro atoms. The van der Waals surface area contributed by atoms with Crippen molar-refractivity contribution < 1.29 is 9.59 Å². The van der Waals surface area contributed by atoms with Crippen LogP contribution in [0.3, 0.4) is 0 Å². The first-order chi connectivity index (χ1) is 13.0. The van der Waals surface area contributed by atoms with Crippen LogP contribution in [0.5, 0.6) is 0 Å². The molecule has 2 amide bonds. The number of hydrogen-bond donors (Lipinski definition) is 1. The maximum atomic E-state index is 12.9. The van der Waals surface area contributed by atoms with Gasteiger partial charge in [-0.15, -0.1) is 11.8 Å². The molecule has 1 aliphatic heterocycles. The normalized spacial score (nSPS) is 16.2. The number of thioether (sulfide) groups is 1. The van der Waals surface area contributed by atoms with E-state index in [1.807, 2.05) is 32.0 Å². The number of carbonyl (C=O) groups excluding carboxylic acids is 2. The van der Waals surface area contributed by atoms with E-state index in [0.717, 1.165) is 34.3 Å². The second-order valence-electron chi connectivity index (χ2n) is 6.90. The molecular formula is C19H20N4O3S. The minimum atomic E-state index is -0.393. The monoisotopic (exact) mass is 384 g/mol. The number of rotatable bonds is 4. The number of aromatic nitrogens is 2. The lowest BCUT2D eigenvalue weighted by Crippen LogP contribution is -2.43. The van der Waals surface area contributed by atoms with Gasteiger partial charge in [-0.3, -0.25) is 14.4 Å². The summed E-state index contributed by atoms with van der Waals surface area (Å²) in [5.41, 5.74) is 2.76. The average Bonchev–Trinajstić information content (AvgIpc) is 3.46. The van der Waals surface area contributed by atoms with Crippen molar-refractivity contribution in [3.05, 3.63) is 45.9 Å². The molecule has 0 unspecified atom stereocenters. The lowest BCUT2D eigenvalue weighted by Gasteiger charge is -2.28. The molecule has 2 aliphatic rings. The lowest BCUT2D eigenvalue weighted by molar-refractivity contribution is -0.117. The highest BCUT2D eigenvalue weighted by Gasteiger charge is 2.39. The molecule has 140 valence electrons. The third kappa shape index (κ3) is 3.37. The highest BCUT2D eigenvalue weighted by molar-refractivity contribution is 8.00. The molecule has 1 fully saturated rings. The summed E-state index contributed by atoms with van der Waals surface area (Å²) >= 11 is 1.33. The SMILES string of the molecule is Cc1cccc(NC(=O)Cn2ncc3c(c2=O)N(C2CC2)C(=O)CS3)c1C. The molecule has 0 atom stereocenters. The van der Waals surface area contributed by atoms with Crippen molar-refractivity contribution in [3.63, 3.8) is 0 Å². The number of nitrogens with zero attached hydrogens (tertiary/aromatic N) is 3. The fraction of sp³-hybridized carbons (Fsp3) is 0.368. The number of carbonyl (C=O) groups is 2. The van der Waals surface area contributed by atoms with E-state index in [0.29, 0.717) is 16.3 Å². The maximum Gasteiger partial charge on any atom is 0.292 e. The van der Waals surface area contributed by atoms with E-state index in [1.54, 1.807) is 11.1 Å². The number of fused-ring (bicyclic) bond motifs is 1. The van der Waals surface area contributed by atoms with Crippen molar-refractivity contribution in [2.24, 2.45) is 0 Å². The van der Waals surface area contributed by atoms with Crippen LogP contribution >= 0.6 is 11.8 Å². The first kappa shape index (κ1) is 17.8. The molecule has 0 bridgehead atoms. The Morgan fingerprint density at radius 1 is 1.30 bits per heavy atom. The van der Waals surface area contributed by atoms with Crippen LogP contribution in [-0.4, -0.2) is 33.4 Å². The summed E-state index contributed by atoms with van der Waals surface area (Å²) in [4.78, 5) is 40.0. The van der Waals surface area contributed by atoms with Crippen molar-refractivity contribution in [2.45, 2.75) is 44.2 Å². The molecule has 0 saturated heterocycles. The fourth-order valence-electron chi connectivity index (χ4n) is 3.17. The molecular weight excluding hydrogens is 364 g/mol. The van der Waals surface area contributed by atoms with Crippen LogP contribution in [0.25, 0.3) is 0 Å². The van der Waals surface area contributed by atoms with Gasteiger partial charge in [0.25, 0.3) is 5.56 Å². The summed E-state index contributed by atoms with van der Waals surface area (Å²) in [6.07, 6.45) is 3.39. The number of aryl methyl sites for hydroxylation is 1. The molecule has 1 saturated carbocycles. The Labute approximate surface area is 160 Å². The highest BCUT2D eigenvalue weighted by Crippen LogP contribution is 2.38. The third-order valence-electron chi connectivity index (χ3n) is 4.93. The maximum absolute atomic E-state index is 12.9. The van der Waals surface area contributed by atoms with Gasteiger partial charge in [0.05, 0.1) is 16.8 Å². The van der Waals surface area contributed by atoms with Gasteiger partial charge in [0, 0.05) is 11.7 Å². The quantitative estimate of drug-likeness (QED) is 0.873. The van der Waals surface area contributed by atoms with Gasteiger partial charge in [-0.25, -0.2) is 4.68 Å². The van der Waals surface area contributed by atoms with E-state index in [9.17, 15) is 14.4 Å². The summed E-state index contributed by atoms with van der Waals surface area (Å²) < 4.78 is 1.13. The molecule has 8 heteroatoms. The summed E-state index contributed by atoms with van der Waals surface area (Å²) in [6, 6.07) is 5.77. The topological polar surface area (TPSA) is 84.3 Å². The van der Waals surface area contributed by atoms with Crippen molar-refractivity contribution in [2.75, 3.05) is 16.0 Å². The summed E-state index contributed by atoms with van der Waals surface area (Å²) in [5.74, 6) is -0.0578. The lowest BCUT2D eigenvalue weighted by atomic mass is 10.1. The largest absolute Gasteiger partial charge is 0.324 e. The predicted octanol–water partition coefficient (Wildman–Crippen LogP) is 2.10. The number of anilines is 2. The Morgan fingerprint density at radius 2 is 2.07 bits per heavy atom. The van der Waals surface area contributed by atoms with Gasteiger partial charge in [-0.2, -0.15) is 5.10 Å². The predicted molar refractivity (Wildman–Crippen MR) is 104 cm³/mol. The number of hydrogen-bond acceptors (Lipinski definition) is 5. The number of nitrogens with one attached hydrogen (secondary N) is 1. The Balaban J connectivity index is 1.60. The van der Waals surface area contributed by atoms with Gasteiger partial charge in [0.2, 0.25) is 11.8 Å². The zero-order valence-corrected chi connectivity index (χ0v) is 16.0. The standard InChI is InChI=1S/C19H20N4O3S/c1-11-4-3-5-14(12(11)2)21-16(24)9-22-19(26)18-15(8-20-22)27-10-17(25)23(18)13-6-7-13/h3-5,8,13H,6-7,9-10H2,1-2H3,(H,21,24). The zero-order chi connectivity index (χ0) is 19.1. The van der Waals surface area contributed by atoms with Crippen LogP contribution in [0.15, 0.2) is 34.1 Å². The van der Waals surface area contributed by atoms with Crippen LogP contribution in [0.4, 0.5) is 11.4 Å². The van der Waals surface area contributed by atoms with Crippen molar-refractivity contribution in [1.29, 1.82) is 0 Å². The molecule has 2 heterocycles. The number of benzene rings is 1. The second kappa shape index (κ2) is 6.84. The Bertz CT molecular complexity index is 997. The Morgan fingerprint density at radius 3 is 2.81 bits per heavy atom. The molecule has 1 aliphatic carbocycles. The first-order valence-electron chi connectivity index (χ1n) is 8.86. The molecule has 0 radical (unpaired) electrons. The third-order valence-corrected chi connectivity index (χ3v) is 5.93. The van der Waals surface area contributed by atoms with Gasteiger partial charge in [-0.05, 0) is 43.9 Å². The fourth-order valence-corrected chi connectivity index (χ4v) is 4.03. The Kier molecular flexibility index (Phi) is 4.51. The minimum Gasteiger partial charge on any atom is -0.324 e. The Hall–Kier alpha value is -2.61. The van der Waals surface area contributed by atoms with Crippen LogP contribution < -0.4 is 15.8 Å². The van der Waals surface area contributed by atoms with E-state index >= 15 is 0 Å². The van der Waals surface area contributed by atoms with Gasteiger partial charge >= 0.3 is 0 Å². The molecule has 1 N–H and O–H groups in total. The summed E-state index contributed by atoms with van der Waals surface area (Å²) in [5, 5.41) is 6.97. The van der Waals surface area contributed by atoms with E-state index in [1.165, 1.54) is 11.8 Å². The molecule has 2 aromatic rings. The van der Waals surface area contributed by atoms with Gasteiger partial charge in [0.1, 0.15) is 12.2 Å². The van der Waals surface area contributed by atoms with Crippen LogP contribution in [0.1, 0.15) is 24.0 Å². The van der Waals surface area contributed by atoms with E-state index in [4.69, 9.17) is 0 Å². The molecule has 7 nitrogen and oxygen atoms in total. The first-order valence-corrected chi connectivity index (χ1v) is 9.85. The van der Waals surface area contributed by atoms with Gasteiger partial charge in [-0.1, -0.05) is 12.1 Å². The number of amides is 2. The van der Waals surface area contributed by atoms with Crippen LogP contribution in [0.2, 0.25) is 0 Å². The van der Waals surface area contributed by atoms with Crippen LogP contribution in [0, 0.1) is 13.8 Å².